The highest BCUT2D eigenvalue weighted by Gasteiger charge is 2.15. The fourth-order valence-electron chi connectivity index (χ4n) is 2.42. The number of likely N-dealkylation sites (N-methyl/N-ethyl adjacent to an activating group) is 1. The maximum atomic E-state index is 12.8. The molecule has 0 aromatic heterocycles. The van der Waals surface area contributed by atoms with Gasteiger partial charge in [-0.05, 0) is 62.4 Å². The van der Waals surface area contributed by atoms with E-state index in [1.54, 1.807) is 24.3 Å². The molecule has 2 N–H and O–H groups in total. The summed E-state index contributed by atoms with van der Waals surface area (Å²) in [6.45, 7) is 2.71. The maximum Gasteiger partial charge on any atom is 0.123 e. The van der Waals surface area contributed by atoms with Crippen LogP contribution in [-0.2, 0) is 6.42 Å². The molecular formula is C19H24FNO3. The van der Waals surface area contributed by atoms with E-state index >= 15 is 0 Å². The van der Waals surface area contributed by atoms with Crippen molar-refractivity contribution in [2.24, 2.45) is 0 Å². The molecule has 2 aromatic carbocycles. The number of rotatable bonds is 8. The molecule has 0 saturated carbocycles. The Morgan fingerprint density at radius 2 is 1.71 bits per heavy atom. The predicted octanol–water partition coefficient (Wildman–Crippen LogP) is 2.83. The molecule has 2 rings (SSSR count). The standard InChI is InChI=1S/C19H24FNO3/c1-14(11-15-3-7-17(22)8-4-15)21(2)12-18(23)13-24-19-9-5-16(20)6-10-19/h3-10,14,18,22-23H,11-13H2,1-2H3. The van der Waals surface area contributed by atoms with Gasteiger partial charge in [0.05, 0.1) is 0 Å². The Labute approximate surface area is 142 Å². The molecule has 2 aromatic rings. The monoisotopic (exact) mass is 333 g/mol. The number of ether oxygens (including phenoxy) is 1. The van der Waals surface area contributed by atoms with Crippen LogP contribution in [0.15, 0.2) is 48.5 Å². The summed E-state index contributed by atoms with van der Waals surface area (Å²) < 4.78 is 18.3. The number of phenols is 1. The van der Waals surface area contributed by atoms with Crippen LogP contribution in [0.5, 0.6) is 11.5 Å². The van der Waals surface area contributed by atoms with Crippen molar-refractivity contribution in [2.75, 3.05) is 20.2 Å². The van der Waals surface area contributed by atoms with E-state index in [0.29, 0.717) is 12.3 Å². The molecule has 4 nitrogen and oxygen atoms in total. The average Bonchev–Trinajstić information content (AvgIpc) is 2.56. The van der Waals surface area contributed by atoms with Crippen LogP contribution in [0, 0.1) is 5.82 Å². The third kappa shape index (κ3) is 5.83. The lowest BCUT2D eigenvalue weighted by atomic mass is 10.1. The molecule has 0 amide bonds. The third-order valence-electron chi connectivity index (χ3n) is 3.97. The second-order valence-corrected chi connectivity index (χ2v) is 6.08. The molecule has 0 spiro atoms. The summed E-state index contributed by atoms with van der Waals surface area (Å²) in [6.07, 6.45) is 0.185. The molecule has 0 aliphatic carbocycles. The fraction of sp³-hybridized carbons (Fsp3) is 0.368. The van der Waals surface area contributed by atoms with Crippen molar-refractivity contribution >= 4 is 0 Å². The minimum Gasteiger partial charge on any atom is -0.508 e. The first-order valence-electron chi connectivity index (χ1n) is 7.98. The number of nitrogens with zero attached hydrogens (tertiary/aromatic N) is 1. The van der Waals surface area contributed by atoms with E-state index in [2.05, 4.69) is 11.8 Å². The summed E-state index contributed by atoms with van der Waals surface area (Å²) in [7, 11) is 1.95. The molecule has 5 heteroatoms. The quantitative estimate of drug-likeness (QED) is 0.780. The Bertz CT molecular complexity index is 616. The SMILES string of the molecule is CC(Cc1ccc(O)cc1)N(C)CC(O)COc1ccc(F)cc1. The highest BCUT2D eigenvalue weighted by Crippen LogP contribution is 2.14. The second kappa shape index (κ2) is 8.66. The van der Waals surface area contributed by atoms with Crippen molar-refractivity contribution in [3.05, 3.63) is 59.9 Å². The van der Waals surface area contributed by atoms with Gasteiger partial charge in [0.2, 0.25) is 0 Å². The molecule has 0 fully saturated rings. The molecular weight excluding hydrogens is 309 g/mol. The lowest BCUT2D eigenvalue weighted by molar-refractivity contribution is 0.0654. The first kappa shape index (κ1) is 18.2. The fourth-order valence-corrected chi connectivity index (χ4v) is 2.42. The van der Waals surface area contributed by atoms with E-state index < -0.39 is 6.10 Å². The van der Waals surface area contributed by atoms with E-state index in [1.165, 1.54) is 12.1 Å². The molecule has 0 heterocycles. The van der Waals surface area contributed by atoms with Crippen LogP contribution in [0.3, 0.4) is 0 Å². The summed E-state index contributed by atoms with van der Waals surface area (Å²) in [5.74, 6) is 0.481. The average molecular weight is 333 g/mol. The number of aliphatic hydroxyl groups excluding tert-OH is 1. The summed E-state index contributed by atoms with van der Waals surface area (Å²) >= 11 is 0. The third-order valence-corrected chi connectivity index (χ3v) is 3.97. The minimum atomic E-state index is -0.637. The summed E-state index contributed by atoms with van der Waals surface area (Å²) in [5.41, 5.74) is 1.13. The van der Waals surface area contributed by atoms with Crippen LogP contribution in [0.1, 0.15) is 12.5 Å². The van der Waals surface area contributed by atoms with Crippen molar-refractivity contribution < 1.29 is 19.3 Å². The number of hydrogen-bond acceptors (Lipinski definition) is 4. The first-order chi connectivity index (χ1) is 11.4. The zero-order valence-electron chi connectivity index (χ0n) is 14.0. The van der Waals surface area contributed by atoms with Gasteiger partial charge in [0.1, 0.15) is 30.0 Å². The summed E-state index contributed by atoms with van der Waals surface area (Å²) in [5, 5.41) is 19.4. The lowest BCUT2D eigenvalue weighted by Gasteiger charge is -2.27. The van der Waals surface area contributed by atoms with Crippen LogP contribution in [0.2, 0.25) is 0 Å². The number of aromatic hydroxyl groups is 1. The van der Waals surface area contributed by atoms with Crippen molar-refractivity contribution in [3.63, 3.8) is 0 Å². The topological polar surface area (TPSA) is 52.9 Å². The van der Waals surface area contributed by atoms with Gasteiger partial charge in [-0.1, -0.05) is 12.1 Å². The molecule has 24 heavy (non-hydrogen) atoms. The van der Waals surface area contributed by atoms with Gasteiger partial charge < -0.3 is 19.8 Å². The number of benzene rings is 2. The van der Waals surface area contributed by atoms with E-state index in [0.717, 1.165) is 12.0 Å². The zero-order valence-corrected chi connectivity index (χ0v) is 14.0. The van der Waals surface area contributed by atoms with Gasteiger partial charge in [0, 0.05) is 12.6 Å². The number of halogens is 1. The number of aliphatic hydroxyl groups is 1. The van der Waals surface area contributed by atoms with Gasteiger partial charge in [-0.3, -0.25) is 0 Å². The number of phenolic OH excluding ortho intramolecular Hbond substituents is 1. The van der Waals surface area contributed by atoms with Gasteiger partial charge in [0.25, 0.3) is 0 Å². The highest BCUT2D eigenvalue weighted by molar-refractivity contribution is 5.26. The molecule has 0 radical (unpaired) electrons. The normalized spacial score (nSPS) is 13.7. The Morgan fingerprint density at radius 1 is 1.08 bits per heavy atom. The largest absolute Gasteiger partial charge is 0.508 e. The van der Waals surface area contributed by atoms with E-state index in [9.17, 15) is 14.6 Å². The van der Waals surface area contributed by atoms with Crippen LogP contribution in [-0.4, -0.2) is 47.5 Å². The van der Waals surface area contributed by atoms with E-state index in [4.69, 9.17) is 4.74 Å². The minimum absolute atomic E-state index is 0.155. The zero-order chi connectivity index (χ0) is 17.5. The van der Waals surface area contributed by atoms with Gasteiger partial charge in [-0.2, -0.15) is 0 Å². The van der Waals surface area contributed by atoms with Crippen molar-refractivity contribution in [2.45, 2.75) is 25.5 Å². The van der Waals surface area contributed by atoms with Gasteiger partial charge >= 0.3 is 0 Å². The Balaban J connectivity index is 1.76. The maximum absolute atomic E-state index is 12.8. The smallest absolute Gasteiger partial charge is 0.123 e. The second-order valence-electron chi connectivity index (χ2n) is 6.08. The van der Waals surface area contributed by atoms with Crippen molar-refractivity contribution in [1.82, 2.24) is 4.90 Å². The predicted molar refractivity (Wildman–Crippen MR) is 91.8 cm³/mol. The van der Waals surface area contributed by atoms with Gasteiger partial charge in [0.15, 0.2) is 0 Å². The highest BCUT2D eigenvalue weighted by atomic mass is 19.1. The van der Waals surface area contributed by atoms with Crippen LogP contribution >= 0.6 is 0 Å². The molecule has 130 valence electrons. The van der Waals surface area contributed by atoms with Crippen LogP contribution in [0.25, 0.3) is 0 Å². The van der Waals surface area contributed by atoms with Crippen molar-refractivity contribution in [3.8, 4) is 11.5 Å². The molecule has 2 atom stereocenters. The molecule has 0 aliphatic heterocycles. The molecule has 0 bridgehead atoms. The summed E-state index contributed by atoms with van der Waals surface area (Å²) in [4.78, 5) is 2.06. The lowest BCUT2D eigenvalue weighted by Crippen LogP contribution is -2.39. The van der Waals surface area contributed by atoms with E-state index in [1.807, 2.05) is 19.2 Å². The Morgan fingerprint density at radius 3 is 2.33 bits per heavy atom. The van der Waals surface area contributed by atoms with Crippen LogP contribution in [0.4, 0.5) is 4.39 Å². The molecule has 2 unspecified atom stereocenters. The molecule has 0 aliphatic rings. The van der Waals surface area contributed by atoms with Gasteiger partial charge in [-0.25, -0.2) is 4.39 Å². The van der Waals surface area contributed by atoms with E-state index in [-0.39, 0.29) is 24.2 Å². The summed E-state index contributed by atoms with van der Waals surface area (Å²) in [6, 6.07) is 13.1. The van der Waals surface area contributed by atoms with Gasteiger partial charge in [-0.15, -0.1) is 0 Å². The number of hydrogen-bond donors (Lipinski definition) is 2. The van der Waals surface area contributed by atoms with Crippen LogP contribution < -0.4 is 4.74 Å². The van der Waals surface area contributed by atoms with Crippen molar-refractivity contribution in [1.29, 1.82) is 0 Å². The Hall–Kier alpha value is -2.11. The first-order valence-corrected chi connectivity index (χ1v) is 7.98. The Kier molecular flexibility index (Phi) is 6.58. The molecule has 0 saturated heterocycles.